The summed E-state index contributed by atoms with van der Waals surface area (Å²) in [5.74, 6) is 1.88. The minimum atomic E-state index is -3.09. The second kappa shape index (κ2) is 14.4. The van der Waals surface area contributed by atoms with Crippen molar-refractivity contribution < 1.29 is 4.57 Å². The van der Waals surface area contributed by atoms with Crippen LogP contribution >= 0.6 is 7.14 Å². The van der Waals surface area contributed by atoms with Crippen molar-refractivity contribution in [3.63, 3.8) is 0 Å². The molecule has 0 bridgehead atoms. The van der Waals surface area contributed by atoms with Crippen molar-refractivity contribution in [1.29, 1.82) is 0 Å². The number of fused-ring (bicyclic) bond motifs is 1. The molecule has 0 N–H and O–H groups in total. The first kappa shape index (κ1) is 33.1. The van der Waals surface area contributed by atoms with Crippen molar-refractivity contribution in [1.82, 2.24) is 15.0 Å². The van der Waals surface area contributed by atoms with Crippen LogP contribution in [0, 0.1) is 0 Å². The summed E-state index contributed by atoms with van der Waals surface area (Å²) < 4.78 is 15.1. The molecule has 0 saturated carbocycles. The van der Waals surface area contributed by atoms with Crippen LogP contribution in [0.15, 0.2) is 206 Å². The smallest absolute Gasteiger partial charge is 0.171 e. The monoisotopic (exact) mass is 711 g/mol. The number of rotatable bonds is 8. The molecule has 0 aliphatic carbocycles. The van der Waals surface area contributed by atoms with Gasteiger partial charge in [0.25, 0.3) is 0 Å². The lowest BCUT2D eigenvalue weighted by Gasteiger charge is -2.20. The maximum Gasteiger partial charge on any atom is 0.171 e. The maximum absolute atomic E-state index is 15.1. The molecule has 1 heterocycles. The molecule has 1 aromatic heterocycles. The summed E-state index contributed by atoms with van der Waals surface area (Å²) in [7, 11) is -3.09. The van der Waals surface area contributed by atoms with E-state index in [1.807, 2.05) is 133 Å². The predicted octanol–water partition coefficient (Wildman–Crippen LogP) is 11.0. The van der Waals surface area contributed by atoms with Crippen LogP contribution in [0.5, 0.6) is 0 Å². The van der Waals surface area contributed by atoms with Gasteiger partial charge in [0.05, 0.1) is 0 Å². The van der Waals surface area contributed by atoms with Crippen LogP contribution in [0.25, 0.3) is 67.2 Å². The Hall–Kier alpha value is -6.74. The minimum Gasteiger partial charge on any atom is -0.309 e. The van der Waals surface area contributed by atoms with Crippen LogP contribution in [-0.4, -0.2) is 15.0 Å². The summed E-state index contributed by atoms with van der Waals surface area (Å²) in [6.45, 7) is 0. The third kappa shape index (κ3) is 6.34. The van der Waals surface area contributed by atoms with Crippen LogP contribution in [-0.2, 0) is 4.57 Å². The van der Waals surface area contributed by atoms with Gasteiger partial charge in [-0.05, 0) is 45.2 Å². The van der Waals surface area contributed by atoms with E-state index in [9.17, 15) is 0 Å². The number of benzene rings is 8. The maximum atomic E-state index is 15.1. The highest BCUT2D eigenvalue weighted by Gasteiger charge is 2.29. The van der Waals surface area contributed by atoms with Gasteiger partial charge in [-0.3, -0.25) is 0 Å². The van der Waals surface area contributed by atoms with E-state index in [0.717, 1.165) is 65.6 Å². The minimum absolute atomic E-state index is 0.616. The SMILES string of the molecule is O=P(c1ccccc1)(c1ccccc1)c1ccc(-c2cc3ccccc3cc2-c2ccc(-c3nc(-c4ccccc4)nc(-c4ccccc4)n3)cc2)cc1. The lowest BCUT2D eigenvalue weighted by atomic mass is 9.91. The molecule has 0 radical (unpaired) electrons. The molecular weight excluding hydrogens is 678 g/mol. The Morgan fingerprint density at radius 2 is 0.593 bits per heavy atom. The fraction of sp³-hybridized carbons (Fsp3) is 0. The Labute approximate surface area is 314 Å². The van der Waals surface area contributed by atoms with Gasteiger partial charge in [-0.15, -0.1) is 0 Å². The molecule has 0 saturated heterocycles. The quantitative estimate of drug-likeness (QED) is 0.147. The summed E-state index contributed by atoms with van der Waals surface area (Å²) in [4.78, 5) is 14.7. The highest BCUT2D eigenvalue weighted by Crippen LogP contribution is 2.43. The molecule has 0 unspecified atom stereocenters. The van der Waals surface area contributed by atoms with Gasteiger partial charge >= 0.3 is 0 Å². The summed E-state index contributed by atoms with van der Waals surface area (Å²) in [5, 5.41) is 4.76. The van der Waals surface area contributed by atoms with Crippen molar-refractivity contribution in [3.05, 3.63) is 206 Å². The first-order chi connectivity index (χ1) is 26.6. The van der Waals surface area contributed by atoms with Crippen molar-refractivity contribution >= 4 is 33.8 Å². The van der Waals surface area contributed by atoms with Gasteiger partial charge in [0.15, 0.2) is 24.6 Å². The van der Waals surface area contributed by atoms with Gasteiger partial charge in [-0.1, -0.05) is 194 Å². The molecule has 5 heteroatoms. The standard InChI is InChI=1S/C49H34N3OP/c53-54(42-21-9-3-10-22-42,43-23-11-4-12-24-43)44-31-29-36(30-32-44)46-34-41-20-14-13-19-40(41)33-45(46)35-25-27-39(28-26-35)49-51-47(37-15-5-1-6-16-37)50-48(52-49)38-17-7-2-8-18-38/h1-34H. The van der Waals surface area contributed by atoms with E-state index in [-0.39, 0.29) is 0 Å². The molecule has 0 atom stereocenters. The summed E-state index contributed by atoms with van der Waals surface area (Å²) in [6, 6.07) is 69.4. The molecule has 0 spiro atoms. The lowest BCUT2D eigenvalue weighted by molar-refractivity contribution is 0.592. The molecule has 0 aliphatic heterocycles. The van der Waals surface area contributed by atoms with Gasteiger partial charge in [0.1, 0.15) is 0 Å². The number of nitrogens with zero attached hydrogens (tertiary/aromatic N) is 3. The summed E-state index contributed by atoms with van der Waals surface area (Å²) in [5.41, 5.74) is 7.10. The molecule has 9 aromatic rings. The van der Waals surface area contributed by atoms with Crippen LogP contribution in [0.3, 0.4) is 0 Å². The van der Waals surface area contributed by atoms with E-state index >= 15 is 4.57 Å². The molecule has 54 heavy (non-hydrogen) atoms. The van der Waals surface area contributed by atoms with Gasteiger partial charge in [0.2, 0.25) is 0 Å². The first-order valence-corrected chi connectivity index (χ1v) is 19.7. The van der Waals surface area contributed by atoms with Gasteiger partial charge in [-0.2, -0.15) is 0 Å². The van der Waals surface area contributed by atoms with E-state index < -0.39 is 7.14 Å². The van der Waals surface area contributed by atoms with Crippen LogP contribution in [0.1, 0.15) is 0 Å². The number of aromatic nitrogens is 3. The normalized spacial score (nSPS) is 11.4. The Kier molecular flexibility index (Phi) is 8.80. The van der Waals surface area contributed by atoms with Gasteiger partial charge in [0, 0.05) is 32.6 Å². The van der Waals surface area contributed by atoms with Crippen LogP contribution < -0.4 is 15.9 Å². The summed E-state index contributed by atoms with van der Waals surface area (Å²) in [6.07, 6.45) is 0. The highest BCUT2D eigenvalue weighted by molar-refractivity contribution is 7.85. The van der Waals surface area contributed by atoms with E-state index in [4.69, 9.17) is 15.0 Å². The Morgan fingerprint density at radius 3 is 1.00 bits per heavy atom. The van der Waals surface area contributed by atoms with Crippen LogP contribution in [0.4, 0.5) is 0 Å². The average Bonchev–Trinajstić information content (AvgIpc) is 3.27. The van der Waals surface area contributed by atoms with E-state index in [0.29, 0.717) is 17.5 Å². The van der Waals surface area contributed by atoms with E-state index in [1.54, 1.807) is 0 Å². The molecule has 0 aliphatic rings. The third-order valence-corrected chi connectivity index (χ3v) is 12.9. The largest absolute Gasteiger partial charge is 0.309 e. The Morgan fingerprint density at radius 1 is 0.296 bits per heavy atom. The van der Waals surface area contributed by atoms with E-state index in [1.165, 1.54) is 0 Å². The second-order valence-electron chi connectivity index (χ2n) is 13.2. The average molecular weight is 712 g/mol. The zero-order chi connectivity index (χ0) is 36.3. The fourth-order valence-corrected chi connectivity index (χ4v) is 9.68. The Bertz CT molecular complexity index is 2650. The molecule has 0 amide bonds. The van der Waals surface area contributed by atoms with E-state index in [2.05, 4.69) is 72.8 Å². The molecule has 4 nitrogen and oxygen atoms in total. The molecule has 256 valence electrons. The van der Waals surface area contributed by atoms with Crippen molar-refractivity contribution in [2.24, 2.45) is 0 Å². The Balaban J connectivity index is 1.13. The fourth-order valence-electron chi connectivity index (χ4n) is 7.03. The number of hydrogen-bond donors (Lipinski definition) is 0. The predicted molar refractivity (Wildman–Crippen MR) is 224 cm³/mol. The highest BCUT2D eigenvalue weighted by atomic mass is 31.2. The molecule has 8 aromatic carbocycles. The lowest BCUT2D eigenvalue weighted by Crippen LogP contribution is -2.24. The van der Waals surface area contributed by atoms with Crippen molar-refractivity contribution in [2.45, 2.75) is 0 Å². The molecular formula is C49H34N3OP. The topological polar surface area (TPSA) is 55.7 Å². The zero-order valence-corrected chi connectivity index (χ0v) is 30.2. The number of hydrogen-bond acceptors (Lipinski definition) is 4. The van der Waals surface area contributed by atoms with Crippen molar-refractivity contribution in [3.8, 4) is 56.4 Å². The molecule has 0 fully saturated rings. The van der Waals surface area contributed by atoms with Crippen LogP contribution in [0.2, 0.25) is 0 Å². The summed E-state index contributed by atoms with van der Waals surface area (Å²) >= 11 is 0. The molecule has 9 rings (SSSR count). The van der Waals surface area contributed by atoms with Gasteiger partial charge in [-0.25, -0.2) is 15.0 Å². The van der Waals surface area contributed by atoms with Gasteiger partial charge < -0.3 is 4.57 Å². The third-order valence-electron chi connectivity index (χ3n) is 9.82. The van der Waals surface area contributed by atoms with Crippen molar-refractivity contribution in [2.75, 3.05) is 0 Å². The second-order valence-corrected chi connectivity index (χ2v) is 16.0. The first-order valence-electron chi connectivity index (χ1n) is 18.0. The zero-order valence-electron chi connectivity index (χ0n) is 29.3.